The van der Waals surface area contributed by atoms with Crippen LogP contribution in [-0.4, -0.2) is 28.6 Å². The molecule has 1 aromatic heterocycles. The van der Waals surface area contributed by atoms with E-state index in [9.17, 15) is 14.9 Å². The van der Waals surface area contributed by atoms with E-state index >= 15 is 0 Å². The Kier molecular flexibility index (Phi) is 5.35. The average molecular weight is 314 g/mol. The quantitative estimate of drug-likeness (QED) is 0.497. The zero-order valence-corrected chi connectivity index (χ0v) is 12.3. The van der Waals surface area contributed by atoms with Gasteiger partial charge >= 0.3 is 5.69 Å². The van der Waals surface area contributed by atoms with Gasteiger partial charge in [-0.05, 0) is 36.2 Å². The van der Waals surface area contributed by atoms with Crippen LogP contribution in [0.25, 0.3) is 0 Å². The van der Waals surface area contributed by atoms with Crippen LogP contribution in [0.3, 0.4) is 0 Å². The van der Waals surface area contributed by atoms with Crippen LogP contribution in [-0.2, 0) is 4.79 Å². The number of hydrogen-bond acceptors (Lipinski definition) is 6. The second-order valence-electron chi connectivity index (χ2n) is 4.59. The van der Waals surface area contributed by atoms with E-state index in [0.29, 0.717) is 0 Å². The van der Waals surface area contributed by atoms with Gasteiger partial charge in [-0.3, -0.25) is 19.9 Å². The molecule has 1 amide bonds. The number of nitro benzene ring substituents is 1. The number of nitrogens with zero attached hydrogens (tertiary/aromatic N) is 3. The number of carbonyl (C=O) groups is 1. The van der Waals surface area contributed by atoms with Gasteiger partial charge in [0.1, 0.15) is 0 Å². The molecule has 0 unspecified atom stereocenters. The minimum absolute atomic E-state index is 0.0360. The van der Waals surface area contributed by atoms with Crippen LogP contribution in [0.1, 0.15) is 11.1 Å². The predicted octanol–water partition coefficient (Wildman–Crippen LogP) is 1.83. The molecule has 1 N–H and O–H groups in total. The standard InChI is InChI=1S/C15H14N4O4/c1-11-2-3-14(13(8-11)19(21)22)23-10-15(20)18-17-9-12-4-6-16-7-5-12/h2-9H,10H2,1H3,(H,18,20)/b17-9-. The van der Waals surface area contributed by atoms with E-state index in [1.165, 1.54) is 18.3 Å². The predicted molar refractivity (Wildman–Crippen MR) is 83.3 cm³/mol. The van der Waals surface area contributed by atoms with Crippen molar-refractivity contribution in [1.29, 1.82) is 0 Å². The maximum Gasteiger partial charge on any atom is 0.311 e. The maximum atomic E-state index is 11.6. The van der Waals surface area contributed by atoms with Gasteiger partial charge in [0, 0.05) is 18.5 Å². The third kappa shape index (κ3) is 4.88. The van der Waals surface area contributed by atoms with E-state index in [-0.39, 0.29) is 18.0 Å². The fourth-order valence-corrected chi connectivity index (χ4v) is 1.70. The zero-order valence-electron chi connectivity index (χ0n) is 12.3. The molecule has 2 aromatic rings. The molecule has 0 aliphatic carbocycles. The Morgan fingerprint density at radius 1 is 1.39 bits per heavy atom. The molecule has 0 aliphatic heterocycles. The van der Waals surface area contributed by atoms with Gasteiger partial charge < -0.3 is 4.74 Å². The number of nitrogens with one attached hydrogen (secondary N) is 1. The molecule has 0 atom stereocenters. The van der Waals surface area contributed by atoms with Gasteiger partial charge in [0.25, 0.3) is 5.91 Å². The summed E-state index contributed by atoms with van der Waals surface area (Å²) >= 11 is 0. The number of rotatable bonds is 6. The number of amides is 1. The van der Waals surface area contributed by atoms with E-state index in [1.807, 2.05) is 0 Å². The van der Waals surface area contributed by atoms with Crippen LogP contribution >= 0.6 is 0 Å². The van der Waals surface area contributed by atoms with E-state index in [0.717, 1.165) is 11.1 Å². The summed E-state index contributed by atoms with van der Waals surface area (Å²) in [5, 5.41) is 14.7. The number of hydrogen-bond donors (Lipinski definition) is 1. The molecule has 0 saturated carbocycles. The molecule has 23 heavy (non-hydrogen) atoms. The van der Waals surface area contributed by atoms with Crippen molar-refractivity contribution in [3.05, 3.63) is 64.0 Å². The van der Waals surface area contributed by atoms with Gasteiger partial charge in [-0.15, -0.1) is 0 Å². The Labute approximate surface area is 132 Å². The molecule has 1 aromatic carbocycles. The number of nitro groups is 1. The Balaban J connectivity index is 1.90. The first-order valence-corrected chi connectivity index (χ1v) is 6.66. The van der Waals surface area contributed by atoms with E-state index in [1.54, 1.807) is 37.5 Å². The number of pyridine rings is 1. The van der Waals surface area contributed by atoms with Gasteiger partial charge in [-0.25, -0.2) is 5.43 Å². The third-order valence-electron chi connectivity index (χ3n) is 2.78. The summed E-state index contributed by atoms with van der Waals surface area (Å²) in [6, 6.07) is 7.96. The second kappa shape index (κ2) is 7.64. The van der Waals surface area contributed by atoms with Crippen molar-refractivity contribution in [1.82, 2.24) is 10.4 Å². The van der Waals surface area contributed by atoms with Crippen LogP contribution in [0, 0.1) is 17.0 Å². The monoisotopic (exact) mass is 314 g/mol. The molecule has 0 saturated heterocycles. The molecule has 0 spiro atoms. The van der Waals surface area contributed by atoms with Crippen molar-refractivity contribution in [3.63, 3.8) is 0 Å². The Morgan fingerprint density at radius 3 is 2.83 bits per heavy atom. The lowest BCUT2D eigenvalue weighted by molar-refractivity contribution is -0.385. The summed E-state index contributed by atoms with van der Waals surface area (Å²) in [5.74, 6) is -0.487. The average Bonchev–Trinajstić information content (AvgIpc) is 2.54. The molecule has 0 bridgehead atoms. The molecule has 8 heteroatoms. The summed E-state index contributed by atoms with van der Waals surface area (Å²) in [5.41, 5.74) is 3.60. The molecular weight excluding hydrogens is 300 g/mol. The highest BCUT2D eigenvalue weighted by molar-refractivity contribution is 5.82. The molecular formula is C15H14N4O4. The van der Waals surface area contributed by atoms with Gasteiger partial charge in [0.05, 0.1) is 11.1 Å². The fraction of sp³-hybridized carbons (Fsp3) is 0.133. The minimum Gasteiger partial charge on any atom is -0.477 e. The van der Waals surface area contributed by atoms with E-state index < -0.39 is 10.8 Å². The highest BCUT2D eigenvalue weighted by Gasteiger charge is 2.16. The van der Waals surface area contributed by atoms with Crippen molar-refractivity contribution < 1.29 is 14.5 Å². The van der Waals surface area contributed by atoms with Crippen molar-refractivity contribution in [2.75, 3.05) is 6.61 Å². The van der Waals surface area contributed by atoms with Gasteiger partial charge in [0.15, 0.2) is 12.4 Å². The van der Waals surface area contributed by atoms with Gasteiger partial charge in [-0.2, -0.15) is 5.10 Å². The molecule has 0 aliphatic rings. The number of hydrazone groups is 1. The van der Waals surface area contributed by atoms with Crippen LogP contribution in [0.2, 0.25) is 0 Å². The highest BCUT2D eigenvalue weighted by atomic mass is 16.6. The number of carbonyl (C=O) groups excluding carboxylic acids is 1. The zero-order chi connectivity index (χ0) is 16.7. The van der Waals surface area contributed by atoms with Crippen molar-refractivity contribution >= 4 is 17.8 Å². The van der Waals surface area contributed by atoms with E-state index in [4.69, 9.17) is 4.74 Å². The van der Waals surface area contributed by atoms with Crippen LogP contribution < -0.4 is 10.2 Å². The largest absolute Gasteiger partial charge is 0.477 e. The third-order valence-corrected chi connectivity index (χ3v) is 2.78. The van der Waals surface area contributed by atoms with Crippen molar-refractivity contribution in [2.45, 2.75) is 6.92 Å². The van der Waals surface area contributed by atoms with Crippen LogP contribution in [0.15, 0.2) is 47.8 Å². The second-order valence-corrected chi connectivity index (χ2v) is 4.59. The molecule has 1 heterocycles. The first kappa shape index (κ1) is 16.1. The maximum absolute atomic E-state index is 11.6. The molecule has 8 nitrogen and oxygen atoms in total. The number of aryl methyl sites for hydroxylation is 1. The van der Waals surface area contributed by atoms with Crippen LogP contribution in [0.4, 0.5) is 5.69 Å². The van der Waals surface area contributed by atoms with E-state index in [2.05, 4.69) is 15.5 Å². The SMILES string of the molecule is Cc1ccc(OCC(=O)N/N=C\c2ccncc2)c([N+](=O)[O-])c1. The summed E-state index contributed by atoms with van der Waals surface area (Å²) in [4.78, 5) is 25.9. The lowest BCUT2D eigenvalue weighted by Crippen LogP contribution is -2.24. The summed E-state index contributed by atoms with van der Waals surface area (Å²) in [6.45, 7) is 1.36. The fourth-order valence-electron chi connectivity index (χ4n) is 1.70. The molecule has 0 fully saturated rings. The Hall–Kier alpha value is -3.29. The smallest absolute Gasteiger partial charge is 0.311 e. The van der Waals surface area contributed by atoms with Crippen LogP contribution in [0.5, 0.6) is 5.75 Å². The number of benzene rings is 1. The Morgan fingerprint density at radius 2 is 2.13 bits per heavy atom. The summed E-state index contributed by atoms with van der Waals surface area (Å²) in [7, 11) is 0. The molecule has 2 rings (SSSR count). The number of ether oxygens (including phenoxy) is 1. The minimum atomic E-state index is -0.554. The lowest BCUT2D eigenvalue weighted by Gasteiger charge is -2.06. The van der Waals surface area contributed by atoms with Crippen molar-refractivity contribution in [2.24, 2.45) is 5.10 Å². The molecule has 118 valence electrons. The number of aromatic nitrogens is 1. The summed E-state index contributed by atoms with van der Waals surface area (Å²) < 4.78 is 5.18. The highest BCUT2D eigenvalue weighted by Crippen LogP contribution is 2.27. The first-order chi connectivity index (χ1) is 11.1. The topological polar surface area (TPSA) is 107 Å². The Bertz CT molecular complexity index is 732. The molecule has 0 radical (unpaired) electrons. The van der Waals surface area contributed by atoms with Gasteiger partial charge in [0.2, 0.25) is 0 Å². The summed E-state index contributed by atoms with van der Waals surface area (Å²) in [6.07, 6.45) is 4.65. The van der Waals surface area contributed by atoms with Crippen molar-refractivity contribution in [3.8, 4) is 5.75 Å². The first-order valence-electron chi connectivity index (χ1n) is 6.66. The van der Waals surface area contributed by atoms with Gasteiger partial charge in [-0.1, -0.05) is 6.07 Å². The normalized spacial score (nSPS) is 10.5. The lowest BCUT2D eigenvalue weighted by atomic mass is 10.2.